The summed E-state index contributed by atoms with van der Waals surface area (Å²) in [5.74, 6) is 1.65. The van der Waals surface area contributed by atoms with Crippen LogP contribution in [0.15, 0.2) is 43.0 Å². The van der Waals surface area contributed by atoms with Crippen LogP contribution in [0.2, 0.25) is 0 Å². The number of nitrogens with zero attached hydrogens (tertiary/aromatic N) is 4. The largest absolute Gasteiger partial charge is 0.379 e. The van der Waals surface area contributed by atoms with Gasteiger partial charge in [-0.05, 0) is 73.4 Å². The average Bonchev–Trinajstić information content (AvgIpc) is 2.84. The zero-order valence-electron chi connectivity index (χ0n) is 18.3. The molecular weight excluding hydrogens is 386 g/mol. The molecule has 6 heteroatoms. The van der Waals surface area contributed by atoms with Crippen LogP contribution in [0, 0.1) is 12.8 Å². The third kappa shape index (κ3) is 4.41. The van der Waals surface area contributed by atoms with Crippen LogP contribution in [-0.2, 0) is 4.74 Å². The summed E-state index contributed by atoms with van der Waals surface area (Å²) in [6.07, 6.45) is 10.5. The molecule has 2 fully saturated rings. The molecule has 2 aliphatic rings. The molecule has 1 saturated heterocycles. The van der Waals surface area contributed by atoms with E-state index >= 15 is 0 Å². The van der Waals surface area contributed by atoms with E-state index in [1.165, 1.54) is 42.4 Å². The average molecular weight is 418 g/mol. The molecule has 3 aromatic rings. The van der Waals surface area contributed by atoms with Gasteiger partial charge >= 0.3 is 0 Å². The number of aryl methyl sites for hydroxylation is 1. The first-order valence-electron chi connectivity index (χ1n) is 11.5. The minimum atomic E-state index is 0.700. The molecule has 0 unspecified atom stereocenters. The van der Waals surface area contributed by atoms with Crippen molar-refractivity contribution >= 4 is 16.7 Å². The number of benzene rings is 1. The van der Waals surface area contributed by atoms with Gasteiger partial charge in [0.1, 0.15) is 12.1 Å². The molecule has 0 radical (unpaired) electrons. The number of fused-ring (bicyclic) bond motifs is 1. The summed E-state index contributed by atoms with van der Waals surface area (Å²) < 4.78 is 5.51. The van der Waals surface area contributed by atoms with Crippen LogP contribution in [0.3, 0.4) is 0 Å². The number of nitrogens with one attached hydrogen (secondary N) is 1. The number of morpholine rings is 1. The third-order valence-electron chi connectivity index (χ3n) is 6.99. The number of ether oxygens (including phenoxy) is 1. The molecule has 1 aliphatic carbocycles. The fourth-order valence-corrected chi connectivity index (χ4v) is 5.19. The van der Waals surface area contributed by atoms with Crippen LogP contribution >= 0.6 is 0 Å². The highest BCUT2D eigenvalue weighted by molar-refractivity contribution is 5.96. The van der Waals surface area contributed by atoms with Crippen molar-refractivity contribution in [3.63, 3.8) is 0 Å². The number of aromatic nitrogens is 3. The molecule has 3 heterocycles. The monoisotopic (exact) mass is 417 g/mol. The van der Waals surface area contributed by atoms with Crippen LogP contribution in [0.25, 0.3) is 22.0 Å². The van der Waals surface area contributed by atoms with Crippen molar-refractivity contribution in [1.82, 2.24) is 19.9 Å². The summed E-state index contributed by atoms with van der Waals surface area (Å²) in [5, 5.41) is 4.80. The lowest BCUT2D eigenvalue weighted by Crippen LogP contribution is -2.45. The SMILES string of the molecule is Cc1c(-c2ccncc2)ccc2ncnc(NCC3CCC(N4CCOCC4)CC3)c12. The molecule has 0 atom stereocenters. The van der Waals surface area contributed by atoms with Gasteiger partial charge < -0.3 is 10.1 Å². The summed E-state index contributed by atoms with van der Waals surface area (Å²) in [4.78, 5) is 15.9. The highest BCUT2D eigenvalue weighted by atomic mass is 16.5. The zero-order valence-corrected chi connectivity index (χ0v) is 18.3. The topological polar surface area (TPSA) is 63.2 Å². The van der Waals surface area contributed by atoms with E-state index in [0.29, 0.717) is 5.92 Å². The van der Waals surface area contributed by atoms with Gasteiger partial charge in [0.15, 0.2) is 0 Å². The van der Waals surface area contributed by atoms with E-state index in [-0.39, 0.29) is 0 Å². The van der Waals surface area contributed by atoms with Crippen molar-refractivity contribution in [1.29, 1.82) is 0 Å². The van der Waals surface area contributed by atoms with Gasteiger partial charge in [-0.3, -0.25) is 9.88 Å². The van der Waals surface area contributed by atoms with E-state index < -0.39 is 0 Å². The molecule has 0 spiro atoms. The van der Waals surface area contributed by atoms with Gasteiger partial charge in [0.25, 0.3) is 0 Å². The molecule has 0 bridgehead atoms. The molecule has 1 aromatic carbocycles. The second-order valence-corrected chi connectivity index (χ2v) is 8.79. The van der Waals surface area contributed by atoms with E-state index in [9.17, 15) is 0 Å². The van der Waals surface area contributed by atoms with Crippen LogP contribution in [0.1, 0.15) is 31.2 Å². The summed E-state index contributed by atoms with van der Waals surface area (Å²) >= 11 is 0. The van der Waals surface area contributed by atoms with E-state index in [2.05, 4.69) is 56.4 Å². The molecule has 2 aromatic heterocycles. The van der Waals surface area contributed by atoms with Crippen LogP contribution in [0.5, 0.6) is 0 Å². The van der Waals surface area contributed by atoms with Gasteiger partial charge in [0, 0.05) is 43.5 Å². The lowest BCUT2D eigenvalue weighted by atomic mass is 9.85. The highest BCUT2D eigenvalue weighted by Crippen LogP contribution is 2.33. The Kier molecular flexibility index (Phi) is 6.09. The quantitative estimate of drug-likeness (QED) is 0.668. The fourth-order valence-electron chi connectivity index (χ4n) is 5.19. The standard InChI is InChI=1S/C25H31N5O/c1-18-22(20-8-10-26-11-9-20)6-7-23-24(18)25(29-17-28-23)27-16-19-2-4-21(5-3-19)30-12-14-31-15-13-30/h6-11,17,19,21H,2-5,12-16H2,1H3,(H,27,28,29). The van der Waals surface area contributed by atoms with E-state index in [1.54, 1.807) is 6.33 Å². The van der Waals surface area contributed by atoms with Crippen LogP contribution < -0.4 is 5.32 Å². The number of rotatable bonds is 5. The van der Waals surface area contributed by atoms with Gasteiger partial charge in [0.05, 0.1) is 18.7 Å². The first kappa shape index (κ1) is 20.3. The van der Waals surface area contributed by atoms with Crippen molar-refractivity contribution in [2.24, 2.45) is 5.92 Å². The fraction of sp³-hybridized carbons (Fsp3) is 0.480. The molecule has 5 rings (SSSR count). The van der Waals surface area contributed by atoms with E-state index in [4.69, 9.17) is 4.74 Å². The zero-order chi connectivity index (χ0) is 21.0. The Labute approximate surface area is 184 Å². The molecule has 1 N–H and O–H groups in total. The third-order valence-corrected chi connectivity index (χ3v) is 6.99. The smallest absolute Gasteiger partial charge is 0.137 e. The summed E-state index contributed by atoms with van der Waals surface area (Å²) in [7, 11) is 0. The van der Waals surface area contributed by atoms with Gasteiger partial charge in [-0.25, -0.2) is 9.97 Å². The van der Waals surface area contributed by atoms with Crippen LogP contribution in [0.4, 0.5) is 5.82 Å². The van der Waals surface area contributed by atoms with E-state index in [1.807, 2.05) is 12.4 Å². The van der Waals surface area contributed by atoms with Crippen molar-refractivity contribution in [2.45, 2.75) is 38.6 Å². The number of hydrogen-bond donors (Lipinski definition) is 1. The number of anilines is 1. The number of pyridine rings is 1. The van der Waals surface area contributed by atoms with Crippen molar-refractivity contribution < 1.29 is 4.74 Å². The van der Waals surface area contributed by atoms with Gasteiger partial charge in [-0.1, -0.05) is 6.07 Å². The Morgan fingerprint density at radius 3 is 2.55 bits per heavy atom. The molecule has 0 amide bonds. The van der Waals surface area contributed by atoms with Gasteiger partial charge in [-0.15, -0.1) is 0 Å². The molecule has 31 heavy (non-hydrogen) atoms. The van der Waals surface area contributed by atoms with Crippen LogP contribution in [-0.4, -0.2) is 58.7 Å². The second kappa shape index (κ2) is 9.28. The Morgan fingerprint density at radius 1 is 1.00 bits per heavy atom. The lowest BCUT2D eigenvalue weighted by Gasteiger charge is -2.38. The van der Waals surface area contributed by atoms with Gasteiger partial charge in [0.2, 0.25) is 0 Å². The Morgan fingerprint density at radius 2 is 1.77 bits per heavy atom. The first-order chi connectivity index (χ1) is 15.3. The van der Waals surface area contributed by atoms with Crippen molar-refractivity contribution in [3.8, 4) is 11.1 Å². The van der Waals surface area contributed by atoms with Crippen molar-refractivity contribution in [3.05, 3.63) is 48.5 Å². The summed E-state index contributed by atoms with van der Waals surface area (Å²) in [6.45, 7) is 7.12. The maximum absolute atomic E-state index is 5.51. The number of hydrogen-bond acceptors (Lipinski definition) is 6. The van der Waals surface area contributed by atoms with E-state index in [0.717, 1.165) is 55.6 Å². The predicted molar refractivity (Wildman–Crippen MR) is 124 cm³/mol. The highest BCUT2D eigenvalue weighted by Gasteiger charge is 2.27. The second-order valence-electron chi connectivity index (χ2n) is 8.79. The Hall–Kier alpha value is -2.57. The Balaban J connectivity index is 1.28. The first-order valence-corrected chi connectivity index (χ1v) is 11.5. The molecule has 1 saturated carbocycles. The lowest BCUT2D eigenvalue weighted by molar-refractivity contribution is 0.00540. The van der Waals surface area contributed by atoms with Crippen molar-refractivity contribution in [2.75, 3.05) is 38.2 Å². The van der Waals surface area contributed by atoms with Gasteiger partial charge in [-0.2, -0.15) is 0 Å². The summed E-state index contributed by atoms with van der Waals surface area (Å²) in [5.41, 5.74) is 4.58. The maximum Gasteiger partial charge on any atom is 0.137 e. The maximum atomic E-state index is 5.51. The molecular formula is C25H31N5O. The molecule has 162 valence electrons. The predicted octanol–water partition coefficient (Wildman–Crippen LogP) is 4.30. The minimum Gasteiger partial charge on any atom is -0.379 e. The Bertz CT molecular complexity index is 1010. The molecule has 1 aliphatic heterocycles. The summed E-state index contributed by atoms with van der Waals surface area (Å²) in [6, 6.07) is 9.09. The minimum absolute atomic E-state index is 0.700. The normalized spacial score (nSPS) is 22.5. The molecule has 6 nitrogen and oxygen atoms in total.